The van der Waals surface area contributed by atoms with E-state index in [0.29, 0.717) is 22.8 Å². The van der Waals surface area contributed by atoms with E-state index in [1.165, 1.54) is 38.7 Å². The molecule has 2 saturated carbocycles. The van der Waals surface area contributed by atoms with Crippen LogP contribution in [0.2, 0.25) is 0 Å². The first-order valence-corrected chi connectivity index (χ1v) is 16.9. The number of allylic oxidation sites excluding steroid dienone is 1. The maximum Gasteiger partial charge on any atom is 0.203 e. The first-order chi connectivity index (χ1) is 22.5. The maximum atomic E-state index is 14.8. The molecule has 6 atom stereocenters. The third-order valence-corrected chi connectivity index (χ3v) is 12.4. The van der Waals surface area contributed by atoms with Gasteiger partial charge in [0.15, 0.2) is 17.2 Å². The fourth-order valence-corrected chi connectivity index (χ4v) is 9.87. The summed E-state index contributed by atoms with van der Waals surface area (Å²) in [5, 5.41) is 59.8. The van der Waals surface area contributed by atoms with Gasteiger partial charge in [-0.2, -0.15) is 0 Å². The van der Waals surface area contributed by atoms with E-state index in [1.807, 2.05) is 12.1 Å². The number of hydrogen-bond donors (Lipinski definition) is 5. The van der Waals surface area contributed by atoms with Gasteiger partial charge < -0.3 is 30.3 Å². The van der Waals surface area contributed by atoms with Crippen molar-refractivity contribution in [3.05, 3.63) is 63.9 Å². The zero-order valence-corrected chi connectivity index (χ0v) is 28.7. The Bertz CT molecular complexity index is 1810. The van der Waals surface area contributed by atoms with Gasteiger partial charge in [0.25, 0.3) is 0 Å². The monoisotopic (exact) mass is 658 g/mol. The number of aliphatic hydroxyl groups is 4. The molecule has 9 heteroatoms. The molecule has 5 N–H and O–H groups in total. The number of phenolic OH excluding ortho intramolecular Hbond substituents is 1. The fourth-order valence-electron chi connectivity index (χ4n) is 9.87. The average molecular weight is 659 g/mol. The Morgan fingerprint density at radius 3 is 2.25 bits per heavy atom. The van der Waals surface area contributed by atoms with Crippen molar-refractivity contribution >= 4 is 23.1 Å². The Labute approximate surface area is 281 Å². The number of rotatable bonds is 6. The third-order valence-electron chi connectivity index (χ3n) is 12.4. The highest BCUT2D eigenvalue weighted by atomic mass is 16.5. The van der Waals surface area contributed by atoms with Gasteiger partial charge in [-0.3, -0.25) is 14.4 Å². The van der Waals surface area contributed by atoms with E-state index in [2.05, 4.69) is 6.07 Å². The summed E-state index contributed by atoms with van der Waals surface area (Å²) < 4.78 is 5.80. The van der Waals surface area contributed by atoms with Gasteiger partial charge in [-0.05, 0) is 66.0 Å². The van der Waals surface area contributed by atoms with Gasteiger partial charge in [-0.1, -0.05) is 72.4 Å². The number of benzene rings is 2. The van der Waals surface area contributed by atoms with Crippen molar-refractivity contribution in [2.75, 3.05) is 7.11 Å². The Kier molecular flexibility index (Phi) is 7.99. The molecule has 0 amide bonds. The molecule has 2 aromatic rings. The summed E-state index contributed by atoms with van der Waals surface area (Å²) in [5.41, 5.74) is -4.78. The van der Waals surface area contributed by atoms with E-state index < -0.39 is 80.3 Å². The van der Waals surface area contributed by atoms with E-state index >= 15 is 0 Å². The topological polar surface area (TPSA) is 162 Å². The average Bonchev–Trinajstić information content (AvgIpc) is 3.54. The second-order valence-corrected chi connectivity index (χ2v) is 15.1. The van der Waals surface area contributed by atoms with Crippen LogP contribution in [0.15, 0.2) is 47.2 Å². The van der Waals surface area contributed by atoms with Crippen LogP contribution >= 0.6 is 0 Å². The number of aromatic hydroxyl groups is 1. The van der Waals surface area contributed by atoms with Crippen LogP contribution in [0, 0.1) is 28.6 Å². The molecule has 0 saturated heterocycles. The number of carbonyl (C=O) groups is 3. The number of methoxy groups -OCH3 is 1. The van der Waals surface area contributed by atoms with Gasteiger partial charge in [-0.25, -0.2) is 0 Å². The number of ether oxygens (including phenoxy) is 1. The minimum atomic E-state index is -2.93. The molecular weight excluding hydrogens is 612 g/mol. The SMILES string of the molecule is COc1ccc(CC2CCCC2)cc1-c1ccc(O)c2c1[C@@H](C)[C@@]1(C)C(=C2O)C(=O)[C@@]2(O)C(O)=C(C(C)=O)C(=O)C(C(C)C)[C@@]2(C)[C@@H]1O. The van der Waals surface area contributed by atoms with E-state index in [1.54, 1.807) is 40.9 Å². The highest BCUT2D eigenvalue weighted by Crippen LogP contribution is 2.68. The van der Waals surface area contributed by atoms with Crippen LogP contribution in [0.4, 0.5) is 0 Å². The highest BCUT2D eigenvalue weighted by Gasteiger charge is 2.77. The van der Waals surface area contributed by atoms with Crippen molar-refractivity contribution < 1.29 is 44.7 Å². The summed E-state index contributed by atoms with van der Waals surface area (Å²) in [6.07, 6.45) is 3.96. The molecule has 256 valence electrons. The summed E-state index contributed by atoms with van der Waals surface area (Å²) >= 11 is 0. The standard InChI is InChI=1S/C39H46O9/c1-18(2)30-32(42)28(20(4)40)34(44)39(47)35(45)31-33(43)29-25(41)14-13-23(27(29)19(3)37(31,5)36(46)38(30,39)6)24-17-22(12-15-26(24)48-7)16-21-10-8-9-11-21/h12-15,17-19,21,30,36,41,43-44,46-47H,8-11,16H2,1-7H3/t19-,30?,36-,37+,38+,39+/m1/s1. The molecule has 4 aliphatic carbocycles. The minimum Gasteiger partial charge on any atom is -0.508 e. The molecular formula is C39H46O9. The third kappa shape index (κ3) is 4.19. The minimum absolute atomic E-state index is 0.0361. The largest absolute Gasteiger partial charge is 0.508 e. The lowest BCUT2D eigenvalue weighted by atomic mass is 9.40. The molecule has 6 rings (SSSR count). The smallest absolute Gasteiger partial charge is 0.203 e. The molecule has 0 radical (unpaired) electrons. The maximum absolute atomic E-state index is 14.8. The summed E-state index contributed by atoms with van der Waals surface area (Å²) in [7, 11) is 1.56. The predicted molar refractivity (Wildman–Crippen MR) is 180 cm³/mol. The van der Waals surface area contributed by atoms with Gasteiger partial charge in [0.2, 0.25) is 5.78 Å². The second kappa shape index (κ2) is 11.3. The molecule has 0 bridgehead atoms. The summed E-state index contributed by atoms with van der Waals surface area (Å²) in [6.45, 7) is 9.22. The van der Waals surface area contributed by atoms with Crippen LogP contribution in [0.3, 0.4) is 0 Å². The number of aliphatic hydroxyl groups excluding tert-OH is 3. The molecule has 0 heterocycles. The van der Waals surface area contributed by atoms with Crippen molar-refractivity contribution in [3.8, 4) is 22.6 Å². The number of phenols is 1. The number of Topliss-reactive ketones (excluding diaryl/α,β-unsaturated/α-hetero) is 3. The molecule has 0 aromatic heterocycles. The van der Waals surface area contributed by atoms with Crippen molar-refractivity contribution in [3.63, 3.8) is 0 Å². The molecule has 4 aliphatic rings. The molecule has 48 heavy (non-hydrogen) atoms. The van der Waals surface area contributed by atoms with Crippen molar-refractivity contribution in [1.82, 2.24) is 0 Å². The van der Waals surface area contributed by atoms with Gasteiger partial charge in [0.1, 0.15) is 28.6 Å². The van der Waals surface area contributed by atoms with Gasteiger partial charge in [0, 0.05) is 22.3 Å². The van der Waals surface area contributed by atoms with E-state index in [-0.39, 0.29) is 11.3 Å². The zero-order chi connectivity index (χ0) is 35.2. The quantitative estimate of drug-likeness (QED) is 0.230. The fraction of sp³-hybridized carbons (Fsp3) is 0.513. The van der Waals surface area contributed by atoms with E-state index in [4.69, 9.17) is 4.74 Å². The van der Waals surface area contributed by atoms with Crippen molar-refractivity contribution in [2.45, 2.75) is 91.3 Å². The Morgan fingerprint density at radius 1 is 1.02 bits per heavy atom. The van der Waals surface area contributed by atoms with E-state index in [0.717, 1.165) is 24.5 Å². The van der Waals surface area contributed by atoms with Crippen molar-refractivity contribution in [2.24, 2.45) is 28.6 Å². The van der Waals surface area contributed by atoms with Gasteiger partial charge in [-0.15, -0.1) is 0 Å². The lowest BCUT2D eigenvalue weighted by Gasteiger charge is -2.63. The molecule has 2 fully saturated rings. The molecule has 9 nitrogen and oxygen atoms in total. The highest BCUT2D eigenvalue weighted by molar-refractivity contribution is 6.24. The molecule has 1 unspecified atom stereocenters. The zero-order valence-electron chi connectivity index (χ0n) is 28.7. The number of fused-ring (bicyclic) bond motifs is 3. The van der Waals surface area contributed by atoms with Crippen LogP contribution < -0.4 is 4.74 Å². The van der Waals surface area contributed by atoms with Crippen LogP contribution in [-0.2, 0) is 20.8 Å². The van der Waals surface area contributed by atoms with Crippen LogP contribution in [0.25, 0.3) is 16.9 Å². The number of carbonyl (C=O) groups excluding carboxylic acids is 3. The lowest BCUT2D eigenvalue weighted by molar-refractivity contribution is -0.215. The normalized spacial score (nSPS) is 32.0. The summed E-state index contributed by atoms with van der Waals surface area (Å²) in [6, 6.07) is 9.15. The summed E-state index contributed by atoms with van der Waals surface area (Å²) in [5.74, 6) is -6.30. The summed E-state index contributed by atoms with van der Waals surface area (Å²) in [4.78, 5) is 41.4. The van der Waals surface area contributed by atoms with Gasteiger partial charge in [0.05, 0.1) is 24.4 Å². The lowest BCUT2D eigenvalue weighted by Crippen LogP contribution is -2.75. The first kappa shape index (κ1) is 33.9. The van der Waals surface area contributed by atoms with Crippen LogP contribution in [0.1, 0.15) is 89.8 Å². The van der Waals surface area contributed by atoms with Crippen LogP contribution in [-0.4, -0.2) is 61.7 Å². The van der Waals surface area contributed by atoms with Crippen LogP contribution in [0.5, 0.6) is 11.5 Å². The molecule has 0 spiro atoms. The second-order valence-electron chi connectivity index (χ2n) is 15.1. The van der Waals surface area contributed by atoms with E-state index in [9.17, 15) is 39.9 Å². The van der Waals surface area contributed by atoms with Gasteiger partial charge >= 0.3 is 0 Å². The molecule has 0 aliphatic heterocycles. The predicted octanol–water partition coefficient (Wildman–Crippen LogP) is 6.13. The molecule has 2 aromatic carbocycles. The Morgan fingerprint density at radius 2 is 1.67 bits per heavy atom. The number of ketones is 3. The Hall–Kier alpha value is -3.95. The first-order valence-electron chi connectivity index (χ1n) is 16.9. The number of hydrogen-bond acceptors (Lipinski definition) is 9. The van der Waals surface area contributed by atoms with Crippen molar-refractivity contribution in [1.29, 1.82) is 0 Å². The Balaban J connectivity index is 1.64.